The van der Waals surface area contributed by atoms with E-state index in [1.807, 2.05) is 54.6 Å². The highest BCUT2D eigenvalue weighted by atomic mass is 16.1. The van der Waals surface area contributed by atoms with Crippen molar-refractivity contribution in [2.24, 2.45) is 0 Å². The minimum Gasteiger partial charge on any atom is -0.385 e. The number of carbonyl (C=O) groups is 1. The topological polar surface area (TPSA) is 44.4 Å². The van der Waals surface area contributed by atoms with Gasteiger partial charge in [0.15, 0.2) is 0 Å². The molecule has 0 fully saturated rings. The Labute approximate surface area is 151 Å². The molecule has 0 saturated heterocycles. The van der Waals surface area contributed by atoms with Crippen LogP contribution in [0, 0.1) is 0 Å². The molecule has 0 radical (unpaired) electrons. The fourth-order valence-electron chi connectivity index (χ4n) is 2.57. The van der Waals surface area contributed by atoms with Gasteiger partial charge in [0.05, 0.1) is 0 Å². The summed E-state index contributed by atoms with van der Waals surface area (Å²) in [5, 5.41) is 6.31. The minimum atomic E-state index is -0.0116. The van der Waals surface area contributed by atoms with E-state index in [4.69, 9.17) is 0 Å². The van der Waals surface area contributed by atoms with Gasteiger partial charge in [-0.25, -0.2) is 0 Å². The molecule has 25 heavy (non-hydrogen) atoms. The number of unbranched alkanes of at least 4 members (excludes halogenated alkanes) is 1. The van der Waals surface area contributed by atoms with Crippen molar-refractivity contribution in [2.75, 3.05) is 36.9 Å². The molecular weight excluding hydrogens is 310 g/mol. The van der Waals surface area contributed by atoms with Crippen LogP contribution in [0.2, 0.25) is 0 Å². The molecular formula is C21H29N3O. The lowest BCUT2D eigenvalue weighted by atomic mass is 10.1. The van der Waals surface area contributed by atoms with E-state index in [-0.39, 0.29) is 5.91 Å². The number of para-hydroxylation sites is 1. The highest BCUT2D eigenvalue weighted by Crippen LogP contribution is 2.14. The SMILES string of the molecule is CCCCN(C)c1ccc(C(=O)NCCCNc2ccccc2)cc1. The van der Waals surface area contributed by atoms with Crippen molar-refractivity contribution in [3.8, 4) is 0 Å². The summed E-state index contributed by atoms with van der Waals surface area (Å²) in [6.07, 6.45) is 3.25. The number of benzene rings is 2. The van der Waals surface area contributed by atoms with E-state index in [1.54, 1.807) is 0 Å². The third kappa shape index (κ3) is 6.49. The number of nitrogens with one attached hydrogen (secondary N) is 2. The smallest absolute Gasteiger partial charge is 0.251 e. The molecule has 2 aromatic rings. The molecule has 0 bridgehead atoms. The molecule has 1 amide bonds. The number of rotatable bonds is 10. The first-order valence-corrected chi connectivity index (χ1v) is 9.09. The number of hydrogen-bond acceptors (Lipinski definition) is 3. The monoisotopic (exact) mass is 339 g/mol. The number of nitrogens with zero attached hydrogens (tertiary/aromatic N) is 1. The second kappa shape index (κ2) is 10.4. The maximum atomic E-state index is 12.2. The fourth-order valence-corrected chi connectivity index (χ4v) is 2.57. The van der Waals surface area contributed by atoms with Crippen LogP contribution in [-0.4, -0.2) is 32.6 Å². The predicted molar refractivity (Wildman–Crippen MR) is 107 cm³/mol. The summed E-state index contributed by atoms with van der Waals surface area (Å²) in [4.78, 5) is 14.4. The third-order valence-corrected chi connectivity index (χ3v) is 4.16. The van der Waals surface area contributed by atoms with Crippen LogP contribution in [0.3, 0.4) is 0 Å². The number of amides is 1. The quantitative estimate of drug-likeness (QED) is 0.639. The van der Waals surface area contributed by atoms with Gasteiger partial charge < -0.3 is 15.5 Å². The van der Waals surface area contributed by atoms with Crippen LogP contribution >= 0.6 is 0 Å². The summed E-state index contributed by atoms with van der Waals surface area (Å²) in [7, 11) is 2.09. The maximum Gasteiger partial charge on any atom is 0.251 e. The van der Waals surface area contributed by atoms with Gasteiger partial charge in [0.2, 0.25) is 0 Å². The van der Waals surface area contributed by atoms with E-state index >= 15 is 0 Å². The van der Waals surface area contributed by atoms with E-state index in [0.717, 1.165) is 30.9 Å². The van der Waals surface area contributed by atoms with Gasteiger partial charge in [-0.3, -0.25) is 4.79 Å². The second-order valence-corrected chi connectivity index (χ2v) is 6.22. The van der Waals surface area contributed by atoms with Crippen molar-refractivity contribution >= 4 is 17.3 Å². The molecule has 0 heterocycles. The molecule has 134 valence electrons. The summed E-state index contributed by atoms with van der Waals surface area (Å²) in [5.74, 6) is -0.0116. The second-order valence-electron chi connectivity index (χ2n) is 6.22. The molecule has 0 aliphatic carbocycles. The Morgan fingerprint density at radius 3 is 2.36 bits per heavy atom. The highest BCUT2D eigenvalue weighted by Gasteiger charge is 2.06. The Morgan fingerprint density at radius 2 is 1.68 bits per heavy atom. The Morgan fingerprint density at radius 1 is 0.960 bits per heavy atom. The van der Waals surface area contributed by atoms with E-state index in [2.05, 4.69) is 29.5 Å². The average Bonchev–Trinajstić information content (AvgIpc) is 2.66. The van der Waals surface area contributed by atoms with Crippen LogP contribution < -0.4 is 15.5 Å². The third-order valence-electron chi connectivity index (χ3n) is 4.16. The normalized spacial score (nSPS) is 10.3. The number of hydrogen-bond donors (Lipinski definition) is 2. The van der Waals surface area contributed by atoms with E-state index in [9.17, 15) is 4.79 Å². The molecule has 0 unspecified atom stereocenters. The molecule has 0 aromatic heterocycles. The van der Waals surface area contributed by atoms with Gasteiger partial charge in [-0.1, -0.05) is 31.5 Å². The largest absolute Gasteiger partial charge is 0.385 e. The van der Waals surface area contributed by atoms with Gasteiger partial charge in [-0.15, -0.1) is 0 Å². The zero-order valence-corrected chi connectivity index (χ0v) is 15.3. The summed E-state index contributed by atoms with van der Waals surface area (Å²) in [6, 6.07) is 17.9. The number of anilines is 2. The molecule has 0 aliphatic rings. The van der Waals surface area contributed by atoms with Crippen LogP contribution in [0.15, 0.2) is 54.6 Å². The van der Waals surface area contributed by atoms with Gasteiger partial charge in [0, 0.05) is 43.6 Å². The fraction of sp³-hybridized carbons (Fsp3) is 0.381. The summed E-state index contributed by atoms with van der Waals surface area (Å²) >= 11 is 0. The zero-order valence-electron chi connectivity index (χ0n) is 15.3. The lowest BCUT2D eigenvalue weighted by Gasteiger charge is -2.19. The maximum absolute atomic E-state index is 12.2. The van der Waals surface area contributed by atoms with Crippen molar-refractivity contribution in [3.63, 3.8) is 0 Å². The minimum absolute atomic E-state index is 0.0116. The molecule has 4 nitrogen and oxygen atoms in total. The van der Waals surface area contributed by atoms with Gasteiger partial charge in [-0.05, 0) is 49.2 Å². The van der Waals surface area contributed by atoms with Crippen molar-refractivity contribution in [1.29, 1.82) is 0 Å². The lowest BCUT2D eigenvalue weighted by molar-refractivity contribution is 0.0953. The molecule has 2 N–H and O–H groups in total. The molecule has 0 atom stereocenters. The average molecular weight is 339 g/mol. The molecule has 2 rings (SSSR count). The van der Waals surface area contributed by atoms with Crippen LogP contribution in [0.1, 0.15) is 36.5 Å². The number of carbonyl (C=O) groups excluding carboxylic acids is 1. The van der Waals surface area contributed by atoms with Crippen LogP contribution in [0.25, 0.3) is 0 Å². The van der Waals surface area contributed by atoms with E-state index < -0.39 is 0 Å². The van der Waals surface area contributed by atoms with Crippen molar-refractivity contribution in [3.05, 3.63) is 60.2 Å². The molecule has 4 heteroatoms. The summed E-state index contributed by atoms with van der Waals surface area (Å²) in [6.45, 7) is 4.73. The van der Waals surface area contributed by atoms with Gasteiger partial charge >= 0.3 is 0 Å². The van der Waals surface area contributed by atoms with Crippen LogP contribution in [0.5, 0.6) is 0 Å². The summed E-state index contributed by atoms with van der Waals surface area (Å²) in [5.41, 5.74) is 2.97. The van der Waals surface area contributed by atoms with Gasteiger partial charge in [0.25, 0.3) is 5.91 Å². The van der Waals surface area contributed by atoms with Gasteiger partial charge in [-0.2, -0.15) is 0 Å². The Kier molecular flexibility index (Phi) is 7.83. The highest BCUT2D eigenvalue weighted by molar-refractivity contribution is 5.94. The Bertz CT molecular complexity index is 625. The molecule has 0 saturated carbocycles. The van der Waals surface area contributed by atoms with Crippen molar-refractivity contribution < 1.29 is 4.79 Å². The summed E-state index contributed by atoms with van der Waals surface area (Å²) < 4.78 is 0. The van der Waals surface area contributed by atoms with Crippen LogP contribution in [0.4, 0.5) is 11.4 Å². The van der Waals surface area contributed by atoms with Crippen molar-refractivity contribution in [2.45, 2.75) is 26.2 Å². The Balaban J connectivity index is 1.70. The predicted octanol–water partition coefficient (Wildman–Crippen LogP) is 4.15. The standard InChI is InChI=1S/C21H29N3O/c1-3-4-17-24(2)20-13-11-18(12-14-20)21(25)23-16-8-15-22-19-9-6-5-7-10-19/h5-7,9-14,22H,3-4,8,15-17H2,1-2H3,(H,23,25). The molecule has 0 spiro atoms. The first-order valence-electron chi connectivity index (χ1n) is 9.09. The first-order chi connectivity index (χ1) is 12.2. The molecule has 0 aliphatic heterocycles. The van der Waals surface area contributed by atoms with Gasteiger partial charge in [0.1, 0.15) is 0 Å². The first kappa shape index (κ1) is 18.8. The molecule has 2 aromatic carbocycles. The lowest BCUT2D eigenvalue weighted by Crippen LogP contribution is -2.26. The van der Waals surface area contributed by atoms with E-state index in [1.165, 1.54) is 12.8 Å². The Hall–Kier alpha value is -2.49. The van der Waals surface area contributed by atoms with Crippen molar-refractivity contribution in [1.82, 2.24) is 5.32 Å². The van der Waals surface area contributed by atoms with E-state index in [0.29, 0.717) is 12.1 Å². The zero-order chi connectivity index (χ0) is 17.9. The van der Waals surface area contributed by atoms with Crippen LogP contribution in [-0.2, 0) is 0 Å².